The molecule has 0 radical (unpaired) electrons. The van der Waals surface area contributed by atoms with Crippen LogP contribution in [0.15, 0.2) is 48.5 Å². The molecule has 2 aromatic carbocycles. The second kappa shape index (κ2) is 9.69. The molecule has 1 fully saturated rings. The highest BCUT2D eigenvalue weighted by Gasteiger charge is 2.35. The number of nitro groups is 1. The molecule has 3 N–H and O–H groups in total. The Kier molecular flexibility index (Phi) is 7.55. The molecule has 29 heavy (non-hydrogen) atoms. The van der Waals surface area contributed by atoms with Gasteiger partial charge in [-0.2, -0.15) is 0 Å². The molecule has 0 bridgehead atoms. The number of nitro benzene ring substituents is 1. The predicted molar refractivity (Wildman–Crippen MR) is 114 cm³/mol. The van der Waals surface area contributed by atoms with E-state index in [9.17, 15) is 14.9 Å². The molecule has 2 aromatic rings. The number of amides is 1. The highest BCUT2D eigenvalue weighted by atomic mass is 35.5. The van der Waals surface area contributed by atoms with Crippen molar-refractivity contribution in [1.82, 2.24) is 4.90 Å². The molecule has 1 heterocycles. The number of hydrogen-bond acceptors (Lipinski definition) is 6. The molecule has 0 spiro atoms. The van der Waals surface area contributed by atoms with Crippen LogP contribution >= 0.6 is 12.4 Å². The van der Waals surface area contributed by atoms with Crippen LogP contribution in [0.3, 0.4) is 0 Å². The molecule has 1 aliphatic heterocycles. The normalized spacial score (nSPS) is 19.8. The molecule has 156 valence electrons. The van der Waals surface area contributed by atoms with Gasteiger partial charge in [0.25, 0.3) is 5.69 Å². The van der Waals surface area contributed by atoms with Gasteiger partial charge in [0.1, 0.15) is 5.75 Å². The Morgan fingerprint density at radius 1 is 1.28 bits per heavy atom. The molecule has 3 atom stereocenters. The maximum atomic E-state index is 12.8. The largest absolute Gasteiger partial charge is 0.495 e. The number of non-ortho nitro benzene ring substituents is 1. The van der Waals surface area contributed by atoms with E-state index in [4.69, 9.17) is 10.5 Å². The summed E-state index contributed by atoms with van der Waals surface area (Å²) in [5.74, 6) is 0.259. The summed E-state index contributed by atoms with van der Waals surface area (Å²) in [6.07, 6.45) is 0. The first-order valence-corrected chi connectivity index (χ1v) is 9.08. The van der Waals surface area contributed by atoms with Crippen LogP contribution in [0.4, 0.5) is 11.4 Å². The Morgan fingerprint density at radius 2 is 1.97 bits per heavy atom. The number of methoxy groups -OCH3 is 1. The highest BCUT2D eigenvalue weighted by molar-refractivity contribution is 5.96. The minimum Gasteiger partial charge on any atom is -0.495 e. The molecule has 1 amide bonds. The van der Waals surface area contributed by atoms with Crippen molar-refractivity contribution in [2.75, 3.05) is 25.5 Å². The first kappa shape index (κ1) is 22.6. The van der Waals surface area contributed by atoms with Crippen LogP contribution in [0.1, 0.15) is 18.4 Å². The first-order valence-electron chi connectivity index (χ1n) is 9.08. The number of nitrogens with one attached hydrogen (secondary N) is 1. The molecule has 1 aliphatic rings. The Hall–Kier alpha value is -2.68. The number of benzene rings is 2. The van der Waals surface area contributed by atoms with Gasteiger partial charge < -0.3 is 15.8 Å². The van der Waals surface area contributed by atoms with Gasteiger partial charge in [0.15, 0.2) is 0 Å². The average Bonchev–Trinajstić information content (AvgIpc) is 3.09. The molecule has 3 rings (SSSR count). The molecule has 8 nitrogen and oxygen atoms in total. The molecule has 0 saturated carbocycles. The summed E-state index contributed by atoms with van der Waals surface area (Å²) in [6, 6.07) is 13.6. The third-order valence-electron chi connectivity index (χ3n) is 5.20. The Bertz CT molecular complexity index is 865. The Balaban J connectivity index is 0.00000300. The minimum atomic E-state index is -0.511. The molecule has 0 aromatic heterocycles. The highest BCUT2D eigenvalue weighted by Crippen LogP contribution is 2.31. The van der Waals surface area contributed by atoms with Gasteiger partial charge in [-0.3, -0.25) is 19.8 Å². The number of nitrogens with zero attached hydrogens (tertiary/aromatic N) is 2. The first-order chi connectivity index (χ1) is 13.4. The zero-order valence-corrected chi connectivity index (χ0v) is 17.1. The van der Waals surface area contributed by atoms with Crippen LogP contribution < -0.4 is 15.8 Å². The topological polar surface area (TPSA) is 111 Å². The van der Waals surface area contributed by atoms with Crippen LogP contribution in [0, 0.1) is 10.1 Å². The Labute approximate surface area is 175 Å². The summed E-state index contributed by atoms with van der Waals surface area (Å²) < 4.78 is 5.21. The fourth-order valence-corrected chi connectivity index (χ4v) is 3.54. The number of carbonyl (C=O) groups excluding carboxylic acids is 1. The fourth-order valence-electron chi connectivity index (χ4n) is 3.54. The fraction of sp³-hybridized carbons (Fsp3) is 0.350. The van der Waals surface area contributed by atoms with Crippen molar-refractivity contribution in [3.8, 4) is 5.75 Å². The standard InChI is InChI=1S/C20H24N4O4.ClH/c1-13(23-11-16(17(21)12-23)14-6-4-3-5-7-14)20(25)22-18-10-15(24(26)27)8-9-19(18)28-2;/h3-10,13,16-17H,11-12,21H2,1-2H3,(H,22,25);1H/t13?,16-,17+;/m0./s1. The lowest BCUT2D eigenvalue weighted by Gasteiger charge is -2.23. The number of carbonyl (C=O) groups is 1. The summed E-state index contributed by atoms with van der Waals surface area (Å²) in [6.45, 7) is 3.07. The predicted octanol–water partition coefficient (Wildman–Crippen LogP) is 2.78. The summed E-state index contributed by atoms with van der Waals surface area (Å²) in [5, 5.41) is 13.8. The van der Waals surface area contributed by atoms with Gasteiger partial charge in [0.05, 0.1) is 23.8 Å². The van der Waals surface area contributed by atoms with Crippen LogP contribution in [-0.2, 0) is 4.79 Å². The van der Waals surface area contributed by atoms with E-state index in [0.717, 1.165) is 5.56 Å². The van der Waals surface area contributed by atoms with Crippen LogP contribution in [0.5, 0.6) is 5.75 Å². The molecular weight excluding hydrogens is 396 g/mol. The summed E-state index contributed by atoms with van der Waals surface area (Å²) in [7, 11) is 1.45. The zero-order valence-electron chi connectivity index (χ0n) is 16.3. The van der Waals surface area contributed by atoms with Crippen molar-refractivity contribution < 1.29 is 14.5 Å². The van der Waals surface area contributed by atoms with Crippen molar-refractivity contribution in [2.24, 2.45) is 5.73 Å². The van der Waals surface area contributed by atoms with Gasteiger partial charge in [-0.25, -0.2) is 0 Å². The van der Waals surface area contributed by atoms with E-state index in [-0.39, 0.29) is 41.6 Å². The van der Waals surface area contributed by atoms with E-state index in [1.165, 1.54) is 25.3 Å². The molecule has 1 unspecified atom stereocenters. The average molecular weight is 421 g/mol. The summed E-state index contributed by atoms with van der Waals surface area (Å²) in [4.78, 5) is 25.3. The van der Waals surface area contributed by atoms with Gasteiger partial charge in [-0.1, -0.05) is 30.3 Å². The second-order valence-corrected chi connectivity index (χ2v) is 6.94. The van der Waals surface area contributed by atoms with Crippen LogP contribution in [0.2, 0.25) is 0 Å². The molecule has 1 saturated heterocycles. The second-order valence-electron chi connectivity index (χ2n) is 6.94. The number of anilines is 1. The lowest BCUT2D eigenvalue weighted by atomic mass is 9.95. The molecular formula is C20H25ClN4O4. The number of halogens is 1. The van der Waals surface area contributed by atoms with Gasteiger partial charge in [0, 0.05) is 37.2 Å². The number of rotatable bonds is 6. The number of ether oxygens (including phenoxy) is 1. The van der Waals surface area contributed by atoms with E-state index in [2.05, 4.69) is 5.32 Å². The van der Waals surface area contributed by atoms with Gasteiger partial charge in [-0.15, -0.1) is 12.4 Å². The lowest BCUT2D eigenvalue weighted by Crippen LogP contribution is -2.41. The quantitative estimate of drug-likeness (QED) is 0.549. The number of likely N-dealkylation sites (tertiary alicyclic amines) is 1. The monoisotopic (exact) mass is 420 g/mol. The minimum absolute atomic E-state index is 0. The van der Waals surface area contributed by atoms with E-state index in [1.54, 1.807) is 6.92 Å². The van der Waals surface area contributed by atoms with Gasteiger partial charge >= 0.3 is 0 Å². The Morgan fingerprint density at radius 3 is 2.59 bits per heavy atom. The van der Waals surface area contributed by atoms with E-state index < -0.39 is 11.0 Å². The lowest BCUT2D eigenvalue weighted by molar-refractivity contribution is -0.384. The number of hydrogen-bond donors (Lipinski definition) is 2. The SMILES string of the molecule is COc1ccc([N+](=O)[O-])cc1NC(=O)C(C)N1C[C@@H](N)[C@H](c2ccccc2)C1.Cl. The van der Waals surface area contributed by atoms with E-state index in [1.807, 2.05) is 35.2 Å². The molecule has 9 heteroatoms. The van der Waals surface area contributed by atoms with Gasteiger partial charge in [-0.05, 0) is 18.6 Å². The van der Waals surface area contributed by atoms with Crippen molar-refractivity contribution in [1.29, 1.82) is 0 Å². The zero-order chi connectivity index (χ0) is 20.3. The van der Waals surface area contributed by atoms with E-state index >= 15 is 0 Å². The maximum absolute atomic E-state index is 12.8. The van der Waals surface area contributed by atoms with Crippen LogP contribution in [0.25, 0.3) is 0 Å². The summed E-state index contributed by atoms with van der Waals surface area (Å²) in [5.41, 5.74) is 7.64. The van der Waals surface area contributed by atoms with Crippen molar-refractivity contribution in [2.45, 2.75) is 24.9 Å². The third-order valence-corrected chi connectivity index (χ3v) is 5.20. The molecule has 0 aliphatic carbocycles. The number of nitrogens with two attached hydrogens (primary N) is 1. The summed E-state index contributed by atoms with van der Waals surface area (Å²) >= 11 is 0. The van der Waals surface area contributed by atoms with Crippen molar-refractivity contribution in [3.05, 3.63) is 64.2 Å². The van der Waals surface area contributed by atoms with Gasteiger partial charge in [0.2, 0.25) is 5.91 Å². The smallest absolute Gasteiger partial charge is 0.271 e. The van der Waals surface area contributed by atoms with Crippen LogP contribution in [-0.4, -0.2) is 48.0 Å². The van der Waals surface area contributed by atoms with E-state index in [0.29, 0.717) is 18.8 Å². The maximum Gasteiger partial charge on any atom is 0.271 e. The third kappa shape index (κ3) is 5.03. The van der Waals surface area contributed by atoms with Crippen molar-refractivity contribution >= 4 is 29.7 Å². The van der Waals surface area contributed by atoms with Crippen molar-refractivity contribution in [3.63, 3.8) is 0 Å².